The third-order valence-electron chi connectivity index (χ3n) is 4.34. The minimum atomic E-state index is -3.47. The highest BCUT2D eigenvalue weighted by Gasteiger charge is 2.22. The number of hydrogen-bond donors (Lipinski definition) is 2. The Bertz CT molecular complexity index is 857. The van der Waals surface area contributed by atoms with Gasteiger partial charge in [-0.15, -0.1) is 0 Å². The van der Waals surface area contributed by atoms with Gasteiger partial charge in [0, 0.05) is 38.4 Å². The topological polar surface area (TPSA) is 96.3 Å². The average molecular weight is 394 g/mol. The van der Waals surface area contributed by atoms with Crippen LogP contribution >= 0.6 is 0 Å². The maximum atomic E-state index is 12.5. The van der Waals surface area contributed by atoms with Gasteiger partial charge in [-0.2, -0.15) is 9.40 Å². The molecular weight excluding hydrogens is 366 g/mol. The summed E-state index contributed by atoms with van der Waals surface area (Å²) in [6.07, 6.45) is 3.43. The van der Waals surface area contributed by atoms with Gasteiger partial charge in [0.2, 0.25) is 15.9 Å². The Labute approximate surface area is 160 Å². The summed E-state index contributed by atoms with van der Waals surface area (Å²) >= 11 is 0. The lowest BCUT2D eigenvalue weighted by atomic mass is 10.1. The molecule has 8 nitrogen and oxygen atoms in total. The summed E-state index contributed by atoms with van der Waals surface area (Å²) in [6.45, 7) is 4.78. The molecule has 1 amide bonds. The number of hydrogen-bond acceptors (Lipinski definition) is 5. The molecule has 0 aliphatic carbocycles. The molecule has 1 aromatic carbocycles. The molecule has 2 N–H and O–H groups in total. The van der Waals surface area contributed by atoms with Gasteiger partial charge >= 0.3 is 0 Å². The Morgan fingerprint density at radius 2 is 1.85 bits per heavy atom. The summed E-state index contributed by atoms with van der Waals surface area (Å²) in [7, 11) is 0.0324. The Morgan fingerprint density at radius 3 is 2.33 bits per heavy atom. The Morgan fingerprint density at radius 1 is 1.22 bits per heavy atom. The van der Waals surface area contributed by atoms with E-state index in [1.165, 1.54) is 4.31 Å². The van der Waals surface area contributed by atoms with Crippen molar-refractivity contribution >= 4 is 15.9 Å². The number of carbonyl (C=O) groups is 1. The van der Waals surface area contributed by atoms with Gasteiger partial charge in [0.15, 0.2) is 0 Å². The number of amides is 1. The van der Waals surface area contributed by atoms with E-state index in [9.17, 15) is 13.2 Å². The van der Waals surface area contributed by atoms with Crippen LogP contribution < -0.4 is 10.6 Å². The van der Waals surface area contributed by atoms with Crippen molar-refractivity contribution in [1.82, 2.24) is 24.7 Å². The van der Waals surface area contributed by atoms with Gasteiger partial charge in [-0.1, -0.05) is 26.0 Å². The normalized spacial score (nSPS) is 12.9. The molecule has 1 heterocycles. The summed E-state index contributed by atoms with van der Waals surface area (Å²) in [5.74, 6) is -0.176. The second-order valence-electron chi connectivity index (χ2n) is 6.12. The molecule has 148 valence electrons. The Hall–Kier alpha value is -2.23. The number of nitrogens with one attached hydrogen (secondary N) is 2. The maximum absolute atomic E-state index is 12.5. The second kappa shape index (κ2) is 9.12. The van der Waals surface area contributed by atoms with Crippen LogP contribution in [0.15, 0.2) is 41.6 Å². The summed E-state index contributed by atoms with van der Waals surface area (Å²) in [5, 5.41) is 9.92. The molecule has 1 atom stereocenters. The van der Waals surface area contributed by atoms with Gasteiger partial charge in [-0.3, -0.25) is 9.48 Å². The van der Waals surface area contributed by atoms with E-state index in [1.54, 1.807) is 55.4 Å². The van der Waals surface area contributed by atoms with E-state index in [0.717, 1.165) is 11.1 Å². The standard InChI is InChI=1S/C18H27N5O3S/c1-5-23(6-2)27(25,26)16-9-7-14(8-10-16)11-20-18(24)17(19-3)15-12-21-22(4)13-15/h7-10,12-13,17,19H,5-6,11H2,1-4H3,(H,20,24). The first-order chi connectivity index (χ1) is 12.8. The first-order valence-electron chi connectivity index (χ1n) is 8.86. The second-order valence-corrected chi connectivity index (χ2v) is 8.06. The van der Waals surface area contributed by atoms with Crippen molar-refractivity contribution in [2.45, 2.75) is 31.3 Å². The average Bonchev–Trinajstić information content (AvgIpc) is 3.07. The van der Waals surface area contributed by atoms with Gasteiger partial charge in [0.1, 0.15) is 6.04 Å². The van der Waals surface area contributed by atoms with E-state index in [0.29, 0.717) is 19.6 Å². The molecule has 0 saturated heterocycles. The van der Waals surface area contributed by atoms with Crippen molar-refractivity contribution < 1.29 is 13.2 Å². The molecule has 9 heteroatoms. The van der Waals surface area contributed by atoms with Crippen LogP contribution in [-0.2, 0) is 28.4 Å². The zero-order valence-corrected chi connectivity index (χ0v) is 17.0. The van der Waals surface area contributed by atoms with Crippen molar-refractivity contribution in [3.05, 3.63) is 47.8 Å². The number of nitrogens with zero attached hydrogens (tertiary/aromatic N) is 3. The highest BCUT2D eigenvalue weighted by atomic mass is 32.2. The van der Waals surface area contributed by atoms with Gasteiger partial charge in [0.25, 0.3) is 0 Å². The Kier molecular flexibility index (Phi) is 7.11. The first kappa shape index (κ1) is 21.1. The molecule has 0 saturated carbocycles. The fourth-order valence-corrected chi connectivity index (χ4v) is 4.28. The smallest absolute Gasteiger partial charge is 0.243 e. The highest BCUT2D eigenvalue weighted by molar-refractivity contribution is 7.89. The molecule has 2 rings (SSSR count). The molecule has 0 spiro atoms. The number of rotatable bonds is 9. The number of aryl methyl sites for hydroxylation is 1. The molecular formula is C18H27N5O3S. The van der Waals surface area contributed by atoms with Crippen LogP contribution in [0.2, 0.25) is 0 Å². The maximum Gasteiger partial charge on any atom is 0.243 e. The number of aromatic nitrogens is 2. The van der Waals surface area contributed by atoms with Gasteiger partial charge in [-0.25, -0.2) is 8.42 Å². The van der Waals surface area contributed by atoms with E-state index in [4.69, 9.17) is 0 Å². The first-order valence-corrected chi connectivity index (χ1v) is 10.3. The van der Waals surface area contributed by atoms with Crippen LogP contribution in [0, 0.1) is 0 Å². The summed E-state index contributed by atoms with van der Waals surface area (Å²) in [4.78, 5) is 12.7. The summed E-state index contributed by atoms with van der Waals surface area (Å²) < 4.78 is 28.1. The third kappa shape index (κ3) is 4.94. The van der Waals surface area contributed by atoms with Crippen molar-refractivity contribution in [3.8, 4) is 0 Å². The lowest BCUT2D eigenvalue weighted by molar-refractivity contribution is -0.123. The predicted molar refractivity (Wildman–Crippen MR) is 103 cm³/mol. The van der Waals surface area contributed by atoms with Crippen molar-refractivity contribution in [1.29, 1.82) is 0 Å². The van der Waals surface area contributed by atoms with Crippen molar-refractivity contribution in [3.63, 3.8) is 0 Å². The van der Waals surface area contributed by atoms with E-state index in [1.807, 2.05) is 13.8 Å². The van der Waals surface area contributed by atoms with E-state index in [-0.39, 0.29) is 10.8 Å². The molecule has 2 aromatic rings. The number of likely N-dealkylation sites (N-methyl/N-ethyl adjacent to an activating group) is 1. The zero-order valence-electron chi connectivity index (χ0n) is 16.1. The summed E-state index contributed by atoms with van der Waals surface area (Å²) in [5.41, 5.74) is 1.60. The van der Waals surface area contributed by atoms with Crippen LogP contribution in [0.5, 0.6) is 0 Å². The molecule has 0 aliphatic heterocycles. The van der Waals surface area contributed by atoms with Crippen LogP contribution in [0.4, 0.5) is 0 Å². The van der Waals surface area contributed by atoms with Gasteiger partial charge in [0.05, 0.1) is 11.1 Å². The van der Waals surface area contributed by atoms with E-state index >= 15 is 0 Å². The van der Waals surface area contributed by atoms with Crippen LogP contribution in [-0.4, -0.2) is 48.5 Å². The van der Waals surface area contributed by atoms with Gasteiger partial charge in [-0.05, 0) is 24.7 Å². The van der Waals surface area contributed by atoms with E-state index in [2.05, 4.69) is 15.7 Å². The van der Waals surface area contributed by atoms with Crippen LogP contribution in [0.3, 0.4) is 0 Å². The third-order valence-corrected chi connectivity index (χ3v) is 6.41. The molecule has 0 aliphatic rings. The molecule has 0 fully saturated rings. The number of benzene rings is 1. The lowest BCUT2D eigenvalue weighted by Crippen LogP contribution is -2.35. The number of carbonyl (C=O) groups excluding carboxylic acids is 1. The largest absolute Gasteiger partial charge is 0.350 e. The van der Waals surface area contributed by atoms with E-state index < -0.39 is 16.1 Å². The SMILES string of the molecule is CCN(CC)S(=O)(=O)c1ccc(CNC(=O)C(NC)c2cnn(C)c2)cc1. The quantitative estimate of drug-likeness (QED) is 0.663. The van der Waals surface area contributed by atoms with Crippen LogP contribution in [0.25, 0.3) is 0 Å². The minimum Gasteiger partial charge on any atom is -0.350 e. The fraction of sp³-hybridized carbons (Fsp3) is 0.444. The zero-order chi connectivity index (χ0) is 20.0. The highest BCUT2D eigenvalue weighted by Crippen LogP contribution is 2.16. The molecule has 1 aromatic heterocycles. The number of sulfonamides is 1. The molecule has 0 bridgehead atoms. The van der Waals surface area contributed by atoms with Crippen molar-refractivity contribution in [2.24, 2.45) is 7.05 Å². The lowest BCUT2D eigenvalue weighted by Gasteiger charge is -2.18. The van der Waals surface area contributed by atoms with Gasteiger partial charge < -0.3 is 10.6 Å². The molecule has 1 unspecified atom stereocenters. The predicted octanol–water partition coefficient (Wildman–Crippen LogP) is 1.03. The Balaban J connectivity index is 2.03. The molecule has 0 radical (unpaired) electrons. The summed E-state index contributed by atoms with van der Waals surface area (Å²) in [6, 6.07) is 6.09. The molecule has 27 heavy (non-hydrogen) atoms. The fourth-order valence-electron chi connectivity index (χ4n) is 2.82. The van der Waals surface area contributed by atoms with Crippen LogP contribution in [0.1, 0.15) is 31.0 Å². The monoisotopic (exact) mass is 393 g/mol. The van der Waals surface area contributed by atoms with Crippen molar-refractivity contribution in [2.75, 3.05) is 20.1 Å². The minimum absolute atomic E-state index is 0.176.